The molecule has 0 bridgehead atoms. The highest BCUT2D eigenvalue weighted by Crippen LogP contribution is 2.21. The molecule has 0 spiro atoms. The van der Waals surface area contributed by atoms with Crippen molar-refractivity contribution in [1.29, 1.82) is 0 Å². The van der Waals surface area contributed by atoms with E-state index < -0.39 is 0 Å². The van der Waals surface area contributed by atoms with Gasteiger partial charge in [-0.2, -0.15) is 0 Å². The van der Waals surface area contributed by atoms with E-state index in [2.05, 4.69) is 60.0 Å². The van der Waals surface area contributed by atoms with Gasteiger partial charge >= 0.3 is 0 Å². The molecular formula is C14H21N3S. The zero-order chi connectivity index (χ0) is 13.1. The number of rotatable bonds is 5. The number of aryl methyl sites for hydroxylation is 1. The van der Waals surface area contributed by atoms with Crippen LogP contribution in [-0.4, -0.2) is 22.5 Å². The Hall–Kier alpha value is -1.13. The van der Waals surface area contributed by atoms with Crippen molar-refractivity contribution in [3.63, 3.8) is 0 Å². The predicted octanol–water partition coefficient (Wildman–Crippen LogP) is 3.35. The average molecular weight is 263 g/mol. The van der Waals surface area contributed by atoms with Crippen molar-refractivity contribution >= 4 is 22.4 Å². The third-order valence-corrected chi connectivity index (χ3v) is 3.88. The Morgan fingerprint density at radius 3 is 3.00 bits per heavy atom. The molecule has 2 heterocycles. The van der Waals surface area contributed by atoms with Gasteiger partial charge in [-0.3, -0.25) is 4.40 Å². The summed E-state index contributed by atoms with van der Waals surface area (Å²) in [7, 11) is 0. The van der Waals surface area contributed by atoms with Crippen LogP contribution < -0.4 is 5.32 Å². The van der Waals surface area contributed by atoms with Gasteiger partial charge in [-0.15, -0.1) is 11.3 Å². The molecule has 0 atom stereocenters. The van der Waals surface area contributed by atoms with E-state index in [1.54, 1.807) is 11.3 Å². The average Bonchev–Trinajstić information content (AvgIpc) is 2.86. The molecule has 0 aliphatic heterocycles. The third kappa shape index (κ3) is 2.65. The predicted molar refractivity (Wildman–Crippen MR) is 79.2 cm³/mol. The maximum absolute atomic E-state index is 4.58. The standard InChI is InChI=1S/C14H21N3S/c1-5-15-9-12(10(2)3)8-13-11(4)16-14-17(13)6-7-18-14/h6-8,10,15H,5,9H2,1-4H3. The van der Waals surface area contributed by atoms with Crippen LogP contribution in [0.2, 0.25) is 0 Å². The Labute approximate surface area is 113 Å². The molecule has 0 aliphatic rings. The van der Waals surface area contributed by atoms with E-state index in [4.69, 9.17) is 0 Å². The largest absolute Gasteiger partial charge is 0.313 e. The Kier molecular flexibility index (Phi) is 4.19. The van der Waals surface area contributed by atoms with Crippen molar-refractivity contribution in [2.45, 2.75) is 27.7 Å². The molecular weight excluding hydrogens is 242 g/mol. The summed E-state index contributed by atoms with van der Waals surface area (Å²) >= 11 is 1.68. The lowest BCUT2D eigenvalue weighted by Crippen LogP contribution is -2.18. The molecule has 2 rings (SSSR count). The molecule has 0 fully saturated rings. The molecule has 2 aromatic rings. The lowest BCUT2D eigenvalue weighted by atomic mass is 10.0. The van der Waals surface area contributed by atoms with Gasteiger partial charge in [0, 0.05) is 18.1 Å². The van der Waals surface area contributed by atoms with Crippen LogP contribution in [0.15, 0.2) is 17.2 Å². The number of nitrogens with zero attached hydrogens (tertiary/aromatic N) is 2. The number of hydrogen-bond donors (Lipinski definition) is 1. The summed E-state index contributed by atoms with van der Waals surface area (Å²) in [4.78, 5) is 5.66. The number of likely N-dealkylation sites (N-methyl/N-ethyl adjacent to an activating group) is 1. The maximum atomic E-state index is 4.58. The zero-order valence-electron chi connectivity index (χ0n) is 11.5. The summed E-state index contributed by atoms with van der Waals surface area (Å²) in [6.45, 7) is 10.7. The van der Waals surface area contributed by atoms with Gasteiger partial charge in [-0.1, -0.05) is 26.3 Å². The van der Waals surface area contributed by atoms with Gasteiger partial charge < -0.3 is 5.32 Å². The summed E-state index contributed by atoms with van der Waals surface area (Å²) in [6, 6.07) is 0. The zero-order valence-corrected chi connectivity index (χ0v) is 12.3. The van der Waals surface area contributed by atoms with Gasteiger partial charge in [0.1, 0.15) is 0 Å². The van der Waals surface area contributed by atoms with E-state index in [-0.39, 0.29) is 0 Å². The molecule has 0 saturated heterocycles. The van der Waals surface area contributed by atoms with E-state index in [0.29, 0.717) is 5.92 Å². The quantitative estimate of drug-likeness (QED) is 0.896. The summed E-state index contributed by atoms with van der Waals surface area (Å²) in [6.07, 6.45) is 4.38. The van der Waals surface area contributed by atoms with Crippen LogP contribution in [0, 0.1) is 12.8 Å². The minimum Gasteiger partial charge on any atom is -0.313 e. The first kappa shape index (κ1) is 13.3. The van der Waals surface area contributed by atoms with E-state index in [1.165, 1.54) is 11.3 Å². The van der Waals surface area contributed by atoms with Crippen LogP contribution in [0.3, 0.4) is 0 Å². The van der Waals surface area contributed by atoms with Gasteiger partial charge in [-0.25, -0.2) is 4.98 Å². The highest BCUT2D eigenvalue weighted by atomic mass is 32.1. The normalized spacial score (nSPS) is 12.8. The SMILES string of the molecule is CCNCC(=Cc1c(C)nc2sccn12)C(C)C. The first-order valence-corrected chi connectivity index (χ1v) is 7.34. The van der Waals surface area contributed by atoms with Crippen LogP contribution in [0.1, 0.15) is 32.2 Å². The molecule has 3 nitrogen and oxygen atoms in total. The van der Waals surface area contributed by atoms with E-state index in [9.17, 15) is 0 Å². The Morgan fingerprint density at radius 1 is 1.56 bits per heavy atom. The highest BCUT2D eigenvalue weighted by molar-refractivity contribution is 7.15. The number of thiazole rings is 1. The van der Waals surface area contributed by atoms with Crippen molar-refractivity contribution in [2.75, 3.05) is 13.1 Å². The van der Waals surface area contributed by atoms with Crippen LogP contribution >= 0.6 is 11.3 Å². The first-order valence-electron chi connectivity index (χ1n) is 6.46. The van der Waals surface area contributed by atoms with Crippen molar-refractivity contribution in [1.82, 2.24) is 14.7 Å². The summed E-state index contributed by atoms with van der Waals surface area (Å²) in [5, 5.41) is 5.49. The van der Waals surface area contributed by atoms with Gasteiger partial charge in [-0.05, 0) is 25.5 Å². The Bertz CT molecular complexity index is 548. The highest BCUT2D eigenvalue weighted by Gasteiger charge is 2.10. The van der Waals surface area contributed by atoms with Crippen molar-refractivity contribution in [3.8, 4) is 0 Å². The fourth-order valence-electron chi connectivity index (χ4n) is 1.95. The molecule has 0 saturated carbocycles. The van der Waals surface area contributed by atoms with Crippen molar-refractivity contribution in [2.24, 2.45) is 5.92 Å². The van der Waals surface area contributed by atoms with Gasteiger partial charge in [0.25, 0.3) is 0 Å². The molecule has 2 aromatic heterocycles. The van der Waals surface area contributed by atoms with Crippen LogP contribution in [-0.2, 0) is 0 Å². The molecule has 4 heteroatoms. The maximum Gasteiger partial charge on any atom is 0.194 e. The Balaban J connectivity index is 2.38. The summed E-state index contributed by atoms with van der Waals surface area (Å²) < 4.78 is 2.17. The summed E-state index contributed by atoms with van der Waals surface area (Å²) in [5.74, 6) is 0.549. The number of nitrogens with one attached hydrogen (secondary N) is 1. The molecule has 1 N–H and O–H groups in total. The topological polar surface area (TPSA) is 29.3 Å². The lowest BCUT2D eigenvalue weighted by Gasteiger charge is -2.12. The fourth-order valence-corrected chi connectivity index (χ4v) is 2.72. The molecule has 0 radical (unpaired) electrons. The molecule has 0 aliphatic carbocycles. The second-order valence-corrected chi connectivity index (χ2v) is 5.67. The Morgan fingerprint density at radius 2 is 2.33 bits per heavy atom. The fraction of sp³-hybridized carbons (Fsp3) is 0.500. The smallest absolute Gasteiger partial charge is 0.194 e. The molecule has 98 valence electrons. The second kappa shape index (κ2) is 5.67. The lowest BCUT2D eigenvalue weighted by molar-refractivity contribution is 0.682. The van der Waals surface area contributed by atoms with Crippen LogP contribution in [0.4, 0.5) is 0 Å². The molecule has 18 heavy (non-hydrogen) atoms. The number of fused-ring (bicyclic) bond motifs is 1. The molecule has 0 aromatic carbocycles. The minimum absolute atomic E-state index is 0.549. The van der Waals surface area contributed by atoms with Crippen molar-refractivity contribution in [3.05, 3.63) is 28.5 Å². The van der Waals surface area contributed by atoms with Crippen LogP contribution in [0.5, 0.6) is 0 Å². The number of hydrogen-bond acceptors (Lipinski definition) is 3. The second-order valence-electron chi connectivity index (χ2n) is 4.79. The van der Waals surface area contributed by atoms with Gasteiger partial charge in [0.15, 0.2) is 4.96 Å². The van der Waals surface area contributed by atoms with Gasteiger partial charge in [0.2, 0.25) is 0 Å². The monoisotopic (exact) mass is 263 g/mol. The van der Waals surface area contributed by atoms with E-state index in [1.807, 2.05) is 0 Å². The first-order chi connectivity index (χ1) is 8.63. The van der Waals surface area contributed by atoms with Gasteiger partial charge in [0.05, 0.1) is 11.4 Å². The van der Waals surface area contributed by atoms with Crippen molar-refractivity contribution < 1.29 is 0 Å². The van der Waals surface area contributed by atoms with Crippen LogP contribution in [0.25, 0.3) is 11.0 Å². The molecule has 0 unspecified atom stereocenters. The molecule has 0 amide bonds. The number of aromatic nitrogens is 2. The third-order valence-electron chi connectivity index (χ3n) is 3.13. The van der Waals surface area contributed by atoms with E-state index in [0.717, 1.165) is 23.7 Å². The van der Waals surface area contributed by atoms with E-state index >= 15 is 0 Å². The summed E-state index contributed by atoms with van der Waals surface area (Å²) in [5.41, 5.74) is 3.75. The number of imidazole rings is 1. The minimum atomic E-state index is 0.549.